The fraction of sp³-hybridized carbons (Fsp3) is 0.536. The molecule has 66 heavy (non-hydrogen) atoms. The van der Waals surface area contributed by atoms with Crippen LogP contribution in [0, 0.1) is 23.7 Å². The van der Waals surface area contributed by atoms with Gasteiger partial charge in [0.15, 0.2) is 11.6 Å². The number of carbonyl (C=O) groups excluding carboxylic acids is 2. The Morgan fingerprint density at radius 3 is 1.08 bits per heavy atom. The molecule has 0 fully saturated rings. The Bertz CT molecular complexity index is 2230. The average molecular weight is 939 g/mol. The van der Waals surface area contributed by atoms with E-state index in [-0.39, 0.29) is 46.0 Å². The van der Waals surface area contributed by atoms with Gasteiger partial charge in [-0.15, -0.1) is 0 Å². The predicted molar refractivity (Wildman–Crippen MR) is 277 cm³/mol. The summed E-state index contributed by atoms with van der Waals surface area (Å²) in [4.78, 5) is 28.9. The third-order valence-electron chi connectivity index (χ3n) is 13.5. The molecular formula is C56H78N2O6S2. The van der Waals surface area contributed by atoms with Gasteiger partial charge in [0.25, 0.3) is 0 Å². The fourth-order valence-corrected chi connectivity index (χ4v) is 13.4. The number of unbranched alkanes of at least 4 members (excludes halogenated alkanes) is 4. The summed E-state index contributed by atoms with van der Waals surface area (Å²) in [7, 11) is -7.28. The first-order valence-corrected chi connectivity index (χ1v) is 28.6. The van der Waals surface area contributed by atoms with E-state index in [0.717, 1.165) is 77.0 Å². The van der Waals surface area contributed by atoms with Crippen molar-refractivity contribution in [1.82, 2.24) is 0 Å². The number of ketones is 2. The van der Waals surface area contributed by atoms with E-state index >= 15 is 0 Å². The highest BCUT2D eigenvalue weighted by atomic mass is 32.2. The van der Waals surface area contributed by atoms with Crippen LogP contribution in [0.15, 0.2) is 84.9 Å². The Balaban J connectivity index is 1.38. The van der Waals surface area contributed by atoms with Gasteiger partial charge in [0.05, 0.1) is 11.5 Å². The summed E-state index contributed by atoms with van der Waals surface area (Å²) >= 11 is 0. The van der Waals surface area contributed by atoms with Gasteiger partial charge in [0.2, 0.25) is 20.0 Å². The number of carbonyl (C=O) groups is 2. The quantitative estimate of drug-likeness (QED) is 0.0442. The molecule has 1 aliphatic rings. The van der Waals surface area contributed by atoms with Crippen LogP contribution in [-0.4, -0.2) is 39.9 Å². The molecule has 0 bridgehead atoms. The second-order valence-electron chi connectivity index (χ2n) is 19.1. The van der Waals surface area contributed by atoms with Crippen molar-refractivity contribution in [3.63, 3.8) is 0 Å². The van der Waals surface area contributed by atoms with Crippen molar-refractivity contribution in [3.8, 4) is 22.3 Å². The zero-order valence-corrected chi connectivity index (χ0v) is 42.4. The van der Waals surface area contributed by atoms with Gasteiger partial charge in [-0.25, -0.2) is 16.8 Å². The molecule has 4 unspecified atom stereocenters. The number of rotatable bonds is 30. The van der Waals surface area contributed by atoms with E-state index < -0.39 is 20.0 Å². The number of sulfonamides is 2. The minimum Gasteiger partial charge on any atom is -0.289 e. The van der Waals surface area contributed by atoms with Crippen molar-refractivity contribution in [2.75, 3.05) is 20.9 Å². The van der Waals surface area contributed by atoms with Crippen molar-refractivity contribution in [2.45, 2.75) is 157 Å². The summed E-state index contributed by atoms with van der Waals surface area (Å²) in [5.41, 5.74) is 4.62. The number of benzene rings is 4. The minimum absolute atomic E-state index is 0.0760. The van der Waals surface area contributed by atoms with Gasteiger partial charge < -0.3 is 0 Å². The van der Waals surface area contributed by atoms with Gasteiger partial charge in [-0.3, -0.25) is 19.0 Å². The summed E-state index contributed by atoms with van der Waals surface area (Å²) in [6, 6.07) is 24.6. The molecule has 10 heteroatoms. The van der Waals surface area contributed by atoms with Crippen LogP contribution in [0.25, 0.3) is 22.3 Å². The lowest BCUT2D eigenvalue weighted by Crippen LogP contribution is -2.24. The van der Waals surface area contributed by atoms with Gasteiger partial charge >= 0.3 is 0 Å². The molecule has 4 aromatic rings. The smallest absolute Gasteiger partial charge is 0.232 e. The zero-order chi connectivity index (χ0) is 47.7. The molecule has 0 aromatic heterocycles. The van der Waals surface area contributed by atoms with Gasteiger partial charge in [-0.2, -0.15) is 0 Å². The van der Waals surface area contributed by atoms with Crippen molar-refractivity contribution >= 4 is 43.0 Å². The van der Waals surface area contributed by atoms with E-state index in [9.17, 15) is 26.4 Å². The van der Waals surface area contributed by atoms with Crippen molar-refractivity contribution in [1.29, 1.82) is 0 Å². The molecular weight excluding hydrogens is 861 g/mol. The van der Waals surface area contributed by atoms with Crippen LogP contribution >= 0.6 is 0 Å². The topological polar surface area (TPSA) is 126 Å². The van der Waals surface area contributed by atoms with Crippen LogP contribution in [0.5, 0.6) is 0 Å². The van der Waals surface area contributed by atoms with Gasteiger partial charge in [-0.1, -0.05) is 192 Å². The Labute approximate surface area is 398 Å². The van der Waals surface area contributed by atoms with E-state index in [2.05, 4.69) is 51.0 Å². The molecule has 0 radical (unpaired) electrons. The Hall–Kier alpha value is -4.28. The third kappa shape index (κ3) is 14.9. The van der Waals surface area contributed by atoms with E-state index in [1.54, 1.807) is 72.8 Å². The zero-order valence-electron chi connectivity index (χ0n) is 40.8. The largest absolute Gasteiger partial charge is 0.289 e. The van der Waals surface area contributed by atoms with E-state index in [1.165, 1.54) is 38.5 Å². The van der Waals surface area contributed by atoms with Crippen LogP contribution in [0.3, 0.4) is 0 Å². The maximum Gasteiger partial charge on any atom is 0.232 e. The van der Waals surface area contributed by atoms with Gasteiger partial charge in [-0.05, 0) is 95.9 Å². The molecule has 0 spiro atoms. The number of hydrogen-bond acceptors (Lipinski definition) is 6. The maximum atomic E-state index is 14.4. The molecule has 2 N–H and O–H groups in total. The first-order valence-electron chi connectivity index (χ1n) is 25.3. The molecule has 0 amide bonds. The predicted octanol–water partition coefficient (Wildman–Crippen LogP) is 14.9. The number of hydrogen-bond donors (Lipinski definition) is 2. The van der Waals surface area contributed by atoms with Gasteiger partial charge in [0.1, 0.15) is 0 Å². The number of fused-ring (bicyclic) bond motifs is 2. The summed E-state index contributed by atoms with van der Waals surface area (Å²) < 4.78 is 60.1. The van der Waals surface area contributed by atoms with Crippen molar-refractivity contribution in [2.24, 2.45) is 23.7 Å². The minimum atomic E-state index is -3.64. The highest BCUT2D eigenvalue weighted by Crippen LogP contribution is 2.41. The van der Waals surface area contributed by atoms with Crippen LogP contribution in [0.1, 0.15) is 189 Å². The second-order valence-corrected chi connectivity index (χ2v) is 22.7. The summed E-state index contributed by atoms with van der Waals surface area (Å²) in [5.74, 6) is 0.854. The van der Waals surface area contributed by atoms with E-state index in [4.69, 9.17) is 0 Å². The Morgan fingerprint density at radius 1 is 0.394 bits per heavy atom. The highest BCUT2D eigenvalue weighted by Gasteiger charge is 2.34. The fourth-order valence-electron chi connectivity index (χ4n) is 10.4. The Morgan fingerprint density at radius 2 is 0.742 bits per heavy atom. The number of anilines is 2. The SMILES string of the molecule is CCCCCC(CCC)CC(CCC)CS(=O)(=O)Nc1ccc(-c2ccc(-c3ccc(NS(=O)(=O)CC(CCC)CC(CCC)CCCCC)cc3)c3c2C(=O)c2ccccc2C3=O)cc1. The Kier molecular flexibility index (Phi) is 20.5. The molecule has 8 nitrogen and oxygen atoms in total. The molecule has 360 valence electrons. The molecule has 0 aliphatic heterocycles. The third-order valence-corrected chi connectivity index (χ3v) is 16.4. The summed E-state index contributed by atoms with van der Waals surface area (Å²) in [5, 5.41) is 0. The molecule has 4 aromatic carbocycles. The molecule has 0 saturated heterocycles. The highest BCUT2D eigenvalue weighted by molar-refractivity contribution is 7.93. The van der Waals surface area contributed by atoms with Crippen molar-refractivity contribution < 1.29 is 26.4 Å². The van der Waals surface area contributed by atoms with Crippen LogP contribution in [-0.2, 0) is 20.0 Å². The molecule has 5 rings (SSSR count). The summed E-state index contributed by atoms with van der Waals surface area (Å²) in [6.07, 6.45) is 19.3. The second kappa shape index (κ2) is 25.7. The molecule has 0 saturated carbocycles. The van der Waals surface area contributed by atoms with E-state index in [0.29, 0.717) is 56.6 Å². The monoisotopic (exact) mass is 939 g/mol. The standard InChI is InChI=1S/C56H78N2O6S2/c1-7-13-15-23-41(19-9-3)37-43(21-11-5)39-65(61,62)57-47-31-27-45(28-32-47)49-35-36-50(54-53(49)55(59)51-25-17-18-26-52(51)56(54)60)46-29-33-48(34-30-46)58-66(63,64)40-44(22-12-6)38-42(20-10-4)24-16-14-8-2/h17-18,25-36,41-44,57-58H,7-16,19-24,37-40H2,1-6H3. The lowest BCUT2D eigenvalue weighted by molar-refractivity contribution is 0.0980. The lowest BCUT2D eigenvalue weighted by atomic mass is 9.77. The van der Waals surface area contributed by atoms with Crippen LogP contribution in [0.4, 0.5) is 11.4 Å². The van der Waals surface area contributed by atoms with Crippen LogP contribution in [0.2, 0.25) is 0 Å². The van der Waals surface area contributed by atoms with E-state index in [1.807, 2.05) is 12.1 Å². The normalized spacial score (nSPS) is 14.6. The molecule has 4 atom stereocenters. The first kappa shape index (κ1) is 52.7. The maximum absolute atomic E-state index is 14.4. The number of nitrogens with one attached hydrogen (secondary N) is 2. The van der Waals surface area contributed by atoms with Crippen LogP contribution < -0.4 is 9.44 Å². The first-order chi connectivity index (χ1) is 31.8. The molecule has 1 aliphatic carbocycles. The van der Waals surface area contributed by atoms with Crippen molar-refractivity contribution in [3.05, 3.63) is 107 Å². The average Bonchev–Trinajstić information content (AvgIpc) is 3.28. The van der Waals surface area contributed by atoms with Gasteiger partial charge in [0, 0.05) is 33.6 Å². The molecule has 0 heterocycles. The lowest BCUT2D eigenvalue weighted by Gasteiger charge is -2.24. The summed E-state index contributed by atoms with van der Waals surface area (Å²) in [6.45, 7) is 13.1.